The van der Waals surface area contributed by atoms with Crippen LogP contribution < -0.4 is 10.6 Å². The Morgan fingerprint density at radius 3 is 2.41 bits per heavy atom. The first-order chi connectivity index (χ1) is 12.9. The molecule has 0 radical (unpaired) electrons. The number of nitrogens with zero attached hydrogens (tertiary/aromatic N) is 1. The van der Waals surface area contributed by atoms with Gasteiger partial charge in [0.2, 0.25) is 5.91 Å². The van der Waals surface area contributed by atoms with E-state index in [4.69, 9.17) is 0 Å². The first kappa shape index (κ1) is 18.6. The minimum atomic E-state index is -0.157. The SMILES string of the molecule is Cc1ccc(C(=O)NCc2ccc(C(=O)N3CCNC(=O)C3)cc2)cc1C. The number of carbonyl (C=O) groups excluding carboxylic acids is 3. The molecule has 0 aromatic heterocycles. The standard InChI is InChI=1S/C21H23N3O3/c1-14-3-6-18(11-15(14)2)20(26)23-12-16-4-7-17(8-5-16)21(27)24-10-9-22-19(25)13-24/h3-8,11H,9-10,12-13H2,1-2H3,(H,22,25)(H,23,26). The highest BCUT2D eigenvalue weighted by Crippen LogP contribution is 2.11. The highest BCUT2D eigenvalue weighted by molar-refractivity contribution is 5.97. The molecule has 1 fully saturated rings. The fraction of sp³-hybridized carbons (Fsp3) is 0.286. The van der Waals surface area contributed by atoms with Gasteiger partial charge in [0.15, 0.2) is 0 Å². The molecular weight excluding hydrogens is 342 g/mol. The van der Waals surface area contributed by atoms with Crippen LogP contribution in [0.1, 0.15) is 37.4 Å². The van der Waals surface area contributed by atoms with Gasteiger partial charge in [-0.3, -0.25) is 14.4 Å². The van der Waals surface area contributed by atoms with E-state index in [2.05, 4.69) is 10.6 Å². The van der Waals surface area contributed by atoms with Gasteiger partial charge in [-0.25, -0.2) is 0 Å². The molecular formula is C21H23N3O3. The van der Waals surface area contributed by atoms with Crippen LogP contribution >= 0.6 is 0 Å². The Morgan fingerprint density at radius 1 is 1.04 bits per heavy atom. The molecule has 3 amide bonds. The second-order valence-electron chi connectivity index (χ2n) is 6.76. The highest BCUT2D eigenvalue weighted by Gasteiger charge is 2.22. The lowest BCUT2D eigenvalue weighted by atomic mass is 10.1. The van der Waals surface area contributed by atoms with Crippen molar-refractivity contribution < 1.29 is 14.4 Å². The number of piperazine rings is 1. The molecule has 2 N–H and O–H groups in total. The second kappa shape index (κ2) is 8.03. The molecule has 0 saturated carbocycles. The molecule has 0 aliphatic carbocycles. The number of nitrogens with one attached hydrogen (secondary N) is 2. The molecule has 3 rings (SSSR count). The van der Waals surface area contributed by atoms with Gasteiger partial charge >= 0.3 is 0 Å². The van der Waals surface area contributed by atoms with Gasteiger partial charge in [0.25, 0.3) is 11.8 Å². The van der Waals surface area contributed by atoms with E-state index in [-0.39, 0.29) is 24.3 Å². The molecule has 0 spiro atoms. The highest BCUT2D eigenvalue weighted by atomic mass is 16.2. The Hall–Kier alpha value is -3.15. The number of carbonyl (C=O) groups is 3. The summed E-state index contributed by atoms with van der Waals surface area (Å²) in [5.41, 5.74) is 4.30. The normalized spacial score (nSPS) is 13.9. The minimum absolute atomic E-state index is 0.0899. The summed E-state index contributed by atoms with van der Waals surface area (Å²) in [5, 5.41) is 5.59. The molecule has 27 heavy (non-hydrogen) atoms. The molecule has 1 saturated heterocycles. The van der Waals surface area contributed by atoms with Gasteiger partial charge in [0.1, 0.15) is 0 Å². The molecule has 0 bridgehead atoms. The van der Waals surface area contributed by atoms with E-state index in [9.17, 15) is 14.4 Å². The Bertz CT molecular complexity index is 875. The van der Waals surface area contributed by atoms with Crippen LogP contribution in [0.25, 0.3) is 0 Å². The third kappa shape index (κ3) is 4.53. The van der Waals surface area contributed by atoms with Gasteiger partial charge < -0.3 is 15.5 Å². The molecule has 6 nitrogen and oxygen atoms in total. The van der Waals surface area contributed by atoms with Crippen LogP contribution in [-0.4, -0.2) is 42.3 Å². The summed E-state index contributed by atoms with van der Waals surface area (Å²) < 4.78 is 0. The predicted molar refractivity (Wildman–Crippen MR) is 102 cm³/mol. The molecule has 0 atom stereocenters. The van der Waals surface area contributed by atoms with Gasteiger partial charge in [-0.05, 0) is 54.8 Å². The van der Waals surface area contributed by atoms with Crippen molar-refractivity contribution in [1.29, 1.82) is 0 Å². The molecule has 0 unspecified atom stereocenters. The second-order valence-corrected chi connectivity index (χ2v) is 6.76. The number of aryl methyl sites for hydroxylation is 2. The first-order valence-electron chi connectivity index (χ1n) is 8.94. The zero-order chi connectivity index (χ0) is 19.4. The van der Waals surface area contributed by atoms with Crippen molar-refractivity contribution >= 4 is 17.7 Å². The number of benzene rings is 2. The maximum atomic E-state index is 12.4. The van der Waals surface area contributed by atoms with Gasteiger partial charge in [-0.1, -0.05) is 18.2 Å². The Morgan fingerprint density at radius 2 is 1.74 bits per heavy atom. The molecule has 2 aromatic carbocycles. The maximum absolute atomic E-state index is 12.4. The summed E-state index contributed by atoms with van der Waals surface area (Å²) in [6.45, 7) is 5.45. The van der Waals surface area contributed by atoms with Crippen LogP contribution in [0.3, 0.4) is 0 Å². The van der Waals surface area contributed by atoms with Gasteiger partial charge in [0, 0.05) is 30.8 Å². The lowest BCUT2D eigenvalue weighted by molar-refractivity contribution is -0.123. The van der Waals surface area contributed by atoms with Crippen molar-refractivity contribution in [3.8, 4) is 0 Å². The van der Waals surface area contributed by atoms with E-state index in [0.717, 1.165) is 16.7 Å². The lowest BCUT2D eigenvalue weighted by Gasteiger charge is -2.26. The van der Waals surface area contributed by atoms with E-state index in [1.165, 1.54) is 4.90 Å². The molecule has 1 aliphatic rings. The zero-order valence-corrected chi connectivity index (χ0v) is 15.5. The van der Waals surface area contributed by atoms with Crippen LogP contribution in [-0.2, 0) is 11.3 Å². The monoisotopic (exact) mass is 365 g/mol. The summed E-state index contributed by atoms with van der Waals surface area (Å²) in [4.78, 5) is 37.7. The average Bonchev–Trinajstić information content (AvgIpc) is 2.68. The Kier molecular flexibility index (Phi) is 5.54. The summed E-state index contributed by atoms with van der Waals surface area (Å²) in [5.74, 6) is -0.423. The number of rotatable bonds is 4. The summed E-state index contributed by atoms with van der Waals surface area (Å²) in [6.07, 6.45) is 0. The third-order valence-electron chi connectivity index (χ3n) is 4.75. The van der Waals surface area contributed by atoms with Gasteiger partial charge in [0.05, 0.1) is 6.54 Å². The molecule has 6 heteroatoms. The Balaban J connectivity index is 1.58. The van der Waals surface area contributed by atoms with E-state index in [1.54, 1.807) is 12.1 Å². The third-order valence-corrected chi connectivity index (χ3v) is 4.75. The van der Waals surface area contributed by atoms with E-state index >= 15 is 0 Å². The van der Waals surface area contributed by atoms with E-state index in [0.29, 0.717) is 30.8 Å². The quantitative estimate of drug-likeness (QED) is 0.867. The predicted octanol–water partition coefficient (Wildman–Crippen LogP) is 1.81. The molecule has 1 heterocycles. The number of amides is 3. The smallest absolute Gasteiger partial charge is 0.254 e. The summed E-state index contributed by atoms with van der Waals surface area (Å²) in [7, 11) is 0. The van der Waals surface area contributed by atoms with Crippen molar-refractivity contribution in [2.24, 2.45) is 0 Å². The van der Waals surface area contributed by atoms with Crippen LogP contribution in [0.4, 0.5) is 0 Å². The van der Waals surface area contributed by atoms with E-state index in [1.807, 2.05) is 44.2 Å². The van der Waals surface area contributed by atoms with Gasteiger partial charge in [-0.15, -0.1) is 0 Å². The minimum Gasteiger partial charge on any atom is -0.353 e. The maximum Gasteiger partial charge on any atom is 0.254 e. The van der Waals surface area contributed by atoms with Crippen LogP contribution in [0.5, 0.6) is 0 Å². The molecule has 140 valence electrons. The van der Waals surface area contributed by atoms with Gasteiger partial charge in [-0.2, -0.15) is 0 Å². The van der Waals surface area contributed by atoms with Crippen molar-refractivity contribution in [2.45, 2.75) is 20.4 Å². The fourth-order valence-electron chi connectivity index (χ4n) is 2.93. The number of hydrogen-bond donors (Lipinski definition) is 2. The number of hydrogen-bond acceptors (Lipinski definition) is 3. The fourth-order valence-corrected chi connectivity index (χ4v) is 2.93. The van der Waals surface area contributed by atoms with Crippen molar-refractivity contribution in [3.63, 3.8) is 0 Å². The van der Waals surface area contributed by atoms with Crippen molar-refractivity contribution in [2.75, 3.05) is 19.6 Å². The average molecular weight is 365 g/mol. The van der Waals surface area contributed by atoms with Crippen LogP contribution in [0.2, 0.25) is 0 Å². The Labute approximate surface area is 158 Å². The largest absolute Gasteiger partial charge is 0.353 e. The lowest BCUT2D eigenvalue weighted by Crippen LogP contribution is -2.49. The molecule has 2 aromatic rings. The van der Waals surface area contributed by atoms with Crippen molar-refractivity contribution in [1.82, 2.24) is 15.5 Å². The van der Waals surface area contributed by atoms with Crippen LogP contribution in [0.15, 0.2) is 42.5 Å². The zero-order valence-electron chi connectivity index (χ0n) is 15.5. The summed E-state index contributed by atoms with van der Waals surface area (Å²) in [6, 6.07) is 12.7. The summed E-state index contributed by atoms with van der Waals surface area (Å²) >= 11 is 0. The topological polar surface area (TPSA) is 78.5 Å². The molecule has 1 aliphatic heterocycles. The van der Waals surface area contributed by atoms with Crippen molar-refractivity contribution in [3.05, 3.63) is 70.3 Å². The first-order valence-corrected chi connectivity index (χ1v) is 8.94. The van der Waals surface area contributed by atoms with E-state index < -0.39 is 0 Å². The van der Waals surface area contributed by atoms with Crippen LogP contribution in [0, 0.1) is 13.8 Å².